The molecule has 26 heavy (non-hydrogen) atoms. The Morgan fingerprint density at radius 3 is 2.69 bits per heavy atom. The molecule has 0 amide bonds. The van der Waals surface area contributed by atoms with Crippen molar-refractivity contribution in [2.45, 2.75) is 19.3 Å². The summed E-state index contributed by atoms with van der Waals surface area (Å²) in [5.74, 6) is -0.321. The lowest BCUT2D eigenvalue weighted by atomic mass is 10.0. The Balaban J connectivity index is 1.84. The monoisotopic (exact) mass is 354 g/mol. The SMILES string of the molecule is COc1ccc(-c2cc(F)ccc2F)c2ncc(CC(=O)C3CC3)nc12. The molecule has 4 nitrogen and oxygen atoms in total. The molecule has 0 radical (unpaired) electrons. The van der Waals surface area contributed by atoms with Gasteiger partial charge in [-0.2, -0.15) is 0 Å². The first kappa shape index (κ1) is 16.6. The van der Waals surface area contributed by atoms with Gasteiger partial charge in [-0.05, 0) is 43.2 Å². The van der Waals surface area contributed by atoms with Gasteiger partial charge >= 0.3 is 0 Å². The van der Waals surface area contributed by atoms with Crippen LogP contribution >= 0.6 is 0 Å². The van der Waals surface area contributed by atoms with E-state index in [1.807, 2.05) is 0 Å². The maximum absolute atomic E-state index is 14.2. The molecule has 0 spiro atoms. The molecule has 6 heteroatoms. The van der Waals surface area contributed by atoms with Crippen molar-refractivity contribution in [1.82, 2.24) is 9.97 Å². The number of carbonyl (C=O) groups is 1. The molecule has 0 aliphatic heterocycles. The van der Waals surface area contributed by atoms with E-state index in [0.717, 1.165) is 31.0 Å². The summed E-state index contributed by atoms with van der Waals surface area (Å²) in [5, 5.41) is 0. The number of benzene rings is 2. The van der Waals surface area contributed by atoms with Gasteiger partial charge in [-0.15, -0.1) is 0 Å². The highest BCUT2D eigenvalue weighted by Crippen LogP contribution is 2.34. The molecule has 1 aliphatic rings. The van der Waals surface area contributed by atoms with E-state index in [9.17, 15) is 13.6 Å². The smallest absolute Gasteiger partial charge is 0.146 e. The number of Topliss-reactive ketones (excluding diaryl/α,β-unsaturated/α-hetero) is 1. The maximum atomic E-state index is 14.2. The van der Waals surface area contributed by atoms with Gasteiger partial charge in [0.1, 0.15) is 34.2 Å². The Labute approximate surface area is 148 Å². The van der Waals surface area contributed by atoms with Crippen LogP contribution in [0.4, 0.5) is 8.78 Å². The van der Waals surface area contributed by atoms with E-state index in [4.69, 9.17) is 4.74 Å². The predicted octanol–water partition coefficient (Wildman–Crippen LogP) is 4.11. The van der Waals surface area contributed by atoms with E-state index in [0.29, 0.717) is 28.0 Å². The zero-order valence-corrected chi connectivity index (χ0v) is 14.1. The summed E-state index contributed by atoms with van der Waals surface area (Å²) in [6.07, 6.45) is 3.61. The van der Waals surface area contributed by atoms with Gasteiger partial charge in [0.15, 0.2) is 0 Å². The van der Waals surface area contributed by atoms with Crippen LogP contribution in [0.15, 0.2) is 36.5 Å². The van der Waals surface area contributed by atoms with Crippen molar-refractivity contribution in [3.63, 3.8) is 0 Å². The third-order valence-electron chi connectivity index (χ3n) is 4.54. The van der Waals surface area contributed by atoms with Crippen LogP contribution in [-0.4, -0.2) is 22.9 Å². The number of aromatic nitrogens is 2. The van der Waals surface area contributed by atoms with Crippen molar-refractivity contribution in [3.05, 3.63) is 53.9 Å². The van der Waals surface area contributed by atoms with Crippen LogP contribution < -0.4 is 4.74 Å². The van der Waals surface area contributed by atoms with Crippen molar-refractivity contribution < 1.29 is 18.3 Å². The molecule has 1 saturated carbocycles. The van der Waals surface area contributed by atoms with Gasteiger partial charge in [0, 0.05) is 23.2 Å². The summed E-state index contributed by atoms with van der Waals surface area (Å²) in [7, 11) is 1.50. The maximum Gasteiger partial charge on any atom is 0.146 e. The molecule has 0 unspecified atom stereocenters. The minimum Gasteiger partial charge on any atom is -0.494 e. The first-order chi connectivity index (χ1) is 12.6. The van der Waals surface area contributed by atoms with Crippen molar-refractivity contribution >= 4 is 16.8 Å². The van der Waals surface area contributed by atoms with Gasteiger partial charge in [0.25, 0.3) is 0 Å². The van der Waals surface area contributed by atoms with E-state index in [1.165, 1.54) is 13.3 Å². The van der Waals surface area contributed by atoms with Crippen molar-refractivity contribution in [2.24, 2.45) is 5.92 Å². The van der Waals surface area contributed by atoms with Crippen LogP contribution in [0.25, 0.3) is 22.2 Å². The Morgan fingerprint density at radius 1 is 1.15 bits per heavy atom. The van der Waals surface area contributed by atoms with E-state index in [2.05, 4.69) is 9.97 Å². The highest BCUT2D eigenvalue weighted by Gasteiger charge is 2.29. The van der Waals surface area contributed by atoms with E-state index < -0.39 is 11.6 Å². The molecule has 3 aromatic rings. The molecule has 1 aromatic heterocycles. The molecule has 0 N–H and O–H groups in total. The van der Waals surface area contributed by atoms with Crippen LogP contribution in [0.2, 0.25) is 0 Å². The number of carbonyl (C=O) groups excluding carboxylic acids is 1. The number of fused-ring (bicyclic) bond motifs is 1. The van der Waals surface area contributed by atoms with Crippen molar-refractivity contribution in [2.75, 3.05) is 7.11 Å². The second-order valence-electron chi connectivity index (χ2n) is 6.42. The molecule has 1 heterocycles. The summed E-state index contributed by atoms with van der Waals surface area (Å²) in [4.78, 5) is 20.9. The van der Waals surface area contributed by atoms with Gasteiger partial charge in [0.2, 0.25) is 0 Å². The molecular formula is C20H16F2N2O2. The molecule has 132 valence electrons. The number of hydrogen-bond donors (Lipinski definition) is 0. The molecular weight excluding hydrogens is 338 g/mol. The standard InChI is InChI=1S/C20H16F2N2O2/c1-26-18-7-5-14(15-8-12(21)4-6-16(15)22)19-20(18)24-13(10-23-19)9-17(25)11-2-3-11/h4-8,10-11H,2-3,9H2,1H3. The normalized spacial score (nSPS) is 13.8. The highest BCUT2D eigenvalue weighted by molar-refractivity contribution is 5.95. The van der Waals surface area contributed by atoms with Gasteiger partial charge in [0.05, 0.1) is 19.2 Å². The number of hydrogen-bond acceptors (Lipinski definition) is 4. The summed E-state index contributed by atoms with van der Waals surface area (Å²) in [5.41, 5.74) is 1.90. The lowest BCUT2D eigenvalue weighted by molar-refractivity contribution is -0.119. The fourth-order valence-electron chi connectivity index (χ4n) is 3.01. The summed E-state index contributed by atoms with van der Waals surface area (Å²) in [6.45, 7) is 0. The average molecular weight is 354 g/mol. The van der Waals surface area contributed by atoms with E-state index >= 15 is 0 Å². The van der Waals surface area contributed by atoms with Crippen molar-refractivity contribution in [1.29, 1.82) is 0 Å². The fourth-order valence-corrected chi connectivity index (χ4v) is 3.01. The topological polar surface area (TPSA) is 52.1 Å². The Bertz CT molecular complexity index is 1020. The van der Waals surface area contributed by atoms with Gasteiger partial charge in [-0.25, -0.2) is 13.8 Å². The molecule has 0 atom stereocenters. The Morgan fingerprint density at radius 2 is 1.96 bits per heavy atom. The number of methoxy groups -OCH3 is 1. The molecule has 4 rings (SSSR count). The molecule has 2 aromatic carbocycles. The van der Waals surface area contributed by atoms with Crippen LogP contribution in [0.3, 0.4) is 0 Å². The predicted molar refractivity (Wildman–Crippen MR) is 92.9 cm³/mol. The average Bonchev–Trinajstić information content (AvgIpc) is 3.48. The fraction of sp³-hybridized carbons (Fsp3) is 0.250. The largest absolute Gasteiger partial charge is 0.494 e. The second kappa shape index (κ2) is 6.44. The number of ether oxygens (including phenoxy) is 1. The molecule has 0 bridgehead atoms. The zero-order chi connectivity index (χ0) is 18.3. The Kier molecular flexibility index (Phi) is 4.11. The van der Waals surface area contributed by atoms with Gasteiger partial charge in [-0.1, -0.05) is 0 Å². The third-order valence-corrected chi connectivity index (χ3v) is 4.54. The Hall–Kier alpha value is -2.89. The molecule has 0 saturated heterocycles. The quantitative estimate of drug-likeness (QED) is 0.692. The minimum atomic E-state index is -0.548. The lowest BCUT2D eigenvalue weighted by Gasteiger charge is -2.11. The zero-order valence-electron chi connectivity index (χ0n) is 14.1. The lowest BCUT2D eigenvalue weighted by Crippen LogP contribution is -2.07. The minimum absolute atomic E-state index is 0.105. The number of rotatable bonds is 5. The van der Waals surface area contributed by atoms with E-state index in [1.54, 1.807) is 12.1 Å². The summed E-state index contributed by atoms with van der Waals surface area (Å²) in [6, 6.07) is 6.54. The molecule has 1 aliphatic carbocycles. The van der Waals surface area contributed by atoms with Gasteiger partial charge < -0.3 is 4.74 Å². The van der Waals surface area contributed by atoms with E-state index in [-0.39, 0.29) is 23.7 Å². The van der Waals surface area contributed by atoms with Gasteiger partial charge in [-0.3, -0.25) is 9.78 Å². The van der Waals surface area contributed by atoms with Crippen LogP contribution in [0.5, 0.6) is 5.75 Å². The van der Waals surface area contributed by atoms with Crippen LogP contribution in [0.1, 0.15) is 18.5 Å². The third kappa shape index (κ3) is 3.03. The van der Waals surface area contributed by atoms with Crippen LogP contribution in [0, 0.1) is 17.6 Å². The van der Waals surface area contributed by atoms with Crippen molar-refractivity contribution in [3.8, 4) is 16.9 Å². The number of halogens is 2. The first-order valence-electron chi connectivity index (χ1n) is 8.37. The highest BCUT2D eigenvalue weighted by atomic mass is 19.1. The van der Waals surface area contributed by atoms with Crippen LogP contribution in [-0.2, 0) is 11.2 Å². The summed E-state index contributed by atoms with van der Waals surface area (Å²) >= 11 is 0. The second-order valence-corrected chi connectivity index (χ2v) is 6.42. The number of nitrogens with zero attached hydrogens (tertiary/aromatic N) is 2. The number of ketones is 1. The first-order valence-corrected chi connectivity index (χ1v) is 8.37. The summed E-state index contributed by atoms with van der Waals surface area (Å²) < 4.78 is 33.2. The molecule has 1 fully saturated rings.